The molecule has 0 unspecified atom stereocenters. The molecular formula is C9H14N6O. The van der Waals surface area contributed by atoms with Gasteiger partial charge in [0.1, 0.15) is 0 Å². The first-order valence-corrected chi connectivity index (χ1v) is 4.87. The van der Waals surface area contributed by atoms with Gasteiger partial charge >= 0.3 is 0 Å². The van der Waals surface area contributed by atoms with Gasteiger partial charge in [-0.2, -0.15) is 15.0 Å². The lowest BCUT2D eigenvalue weighted by molar-refractivity contribution is 0.382. The topological polar surface area (TPSA) is 95.0 Å². The highest BCUT2D eigenvalue weighted by Gasteiger charge is 2.04. The van der Waals surface area contributed by atoms with Gasteiger partial charge in [0.25, 0.3) is 5.95 Å². The van der Waals surface area contributed by atoms with Crippen LogP contribution in [0, 0.1) is 12.3 Å². The summed E-state index contributed by atoms with van der Waals surface area (Å²) < 4.78 is 0. The van der Waals surface area contributed by atoms with E-state index in [1.54, 1.807) is 0 Å². The van der Waals surface area contributed by atoms with Crippen LogP contribution in [0.1, 0.15) is 13.3 Å². The predicted molar refractivity (Wildman–Crippen MR) is 61.3 cm³/mol. The Hall–Kier alpha value is -2.07. The van der Waals surface area contributed by atoms with E-state index in [-0.39, 0.29) is 5.95 Å². The largest absolute Gasteiger partial charge is 0.354 e. The SMILES string of the molecule is C#CCNc1nc(NO)nc(NCCC)n1. The Bertz CT molecular complexity index is 375. The minimum absolute atomic E-state index is 0.0631. The van der Waals surface area contributed by atoms with Crippen LogP contribution in [-0.2, 0) is 0 Å². The smallest absolute Gasteiger partial charge is 0.253 e. The van der Waals surface area contributed by atoms with E-state index < -0.39 is 0 Å². The first-order valence-electron chi connectivity index (χ1n) is 4.87. The van der Waals surface area contributed by atoms with Gasteiger partial charge in [-0.1, -0.05) is 12.8 Å². The first-order chi connectivity index (χ1) is 7.80. The van der Waals surface area contributed by atoms with E-state index in [1.165, 1.54) is 0 Å². The van der Waals surface area contributed by atoms with Crippen molar-refractivity contribution in [3.8, 4) is 12.3 Å². The molecule has 1 heterocycles. The van der Waals surface area contributed by atoms with Crippen LogP contribution >= 0.6 is 0 Å². The first kappa shape index (κ1) is 12.0. The van der Waals surface area contributed by atoms with Crippen LogP contribution in [-0.4, -0.2) is 33.2 Å². The third-order valence-electron chi connectivity index (χ3n) is 1.62. The molecule has 0 fully saturated rings. The molecular weight excluding hydrogens is 208 g/mol. The molecule has 0 aliphatic rings. The van der Waals surface area contributed by atoms with Crippen molar-refractivity contribution in [2.45, 2.75) is 13.3 Å². The van der Waals surface area contributed by atoms with Crippen molar-refractivity contribution in [2.75, 3.05) is 29.2 Å². The Morgan fingerprint density at radius 2 is 1.81 bits per heavy atom. The van der Waals surface area contributed by atoms with Crippen molar-refractivity contribution >= 4 is 17.8 Å². The summed E-state index contributed by atoms with van der Waals surface area (Å²) >= 11 is 0. The quantitative estimate of drug-likeness (QED) is 0.412. The Morgan fingerprint density at radius 3 is 2.38 bits per heavy atom. The third kappa shape index (κ3) is 3.59. The normalized spacial score (nSPS) is 9.31. The van der Waals surface area contributed by atoms with Crippen LogP contribution < -0.4 is 16.1 Å². The fraction of sp³-hybridized carbons (Fsp3) is 0.444. The van der Waals surface area contributed by atoms with Crippen LogP contribution in [0.15, 0.2) is 0 Å². The van der Waals surface area contributed by atoms with E-state index in [2.05, 4.69) is 31.5 Å². The summed E-state index contributed by atoms with van der Waals surface area (Å²) in [5.41, 5.74) is 1.87. The van der Waals surface area contributed by atoms with Gasteiger partial charge in [-0.3, -0.25) is 5.21 Å². The molecule has 0 amide bonds. The zero-order valence-corrected chi connectivity index (χ0v) is 8.99. The maximum atomic E-state index is 8.74. The zero-order valence-electron chi connectivity index (χ0n) is 8.99. The van der Waals surface area contributed by atoms with E-state index in [0.29, 0.717) is 18.4 Å². The molecule has 16 heavy (non-hydrogen) atoms. The number of aromatic nitrogens is 3. The number of nitrogens with one attached hydrogen (secondary N) is 3. The summed E-state index contributed by atoms with van der Waals surface area (Å²) in [6.45, 7) is 3.07. The average molecular weight is 222 g/mol. The number of rotatable bonds is 6. The second-order valence-electron chi connectivity index (χ2n) is 2.90. The van der Waals surface area contributed by atoms with Crippen LogP contribution in [0.3, 0.4) is 0 Å². The highest BCUT2D eigenvalue weighted by atomic mass is 16.5. The molecule has 86 valence electrons. The molecule has 0 saturated heterocycles. The van der Waals surface area contributed by atoms with E-state index >= 15 is 0 Å². The summed E-state index contributed by atoms with van der Waals surface area (Å²) in [5.74, 6) is 3.16. The minimum Gasteiger partial charge on any atom is -0.354 e. The number of terminal acetylenes is 1. The van der Waals surface area contributed by atoms with Crippen LogP contribution in [0.4, 0.5) is 17.8 Å². The molecule has 4 N–H and O–H groups in total. The van der Waals surface area contributed by atoms with E-state index in [1.807, 2.05) is 12.4 Å². The Labute approximate surface area is 93.7 Å². The standard InChI is InChI=1S/C9H14N6O/c1-3-5-10-7-12-8(11-6-4-2)14-9(13-7)15-16/h1,16H,4-6H2,2H3,(H3,10,11,12,13,14,15). The second-order valence-corrected chi connectivity index (χ2v) is 2.90. The molecule has 0 atom stereocenters. The number of anilines is 3. The van der Waals surface area contributed by atoms with Crippen LogP contribution in [0.25, 0.3) is 0 Å². The van der Waals surface area contributed by atoms with E-state index in [9.17, 15) is 0 Å². The molecule has 0 aliphatic carbocycles. The van der Waals surface area contributed by atoms with Crippen molar-refractivity contribution in [3.63, 3.8) is 0 Å². The highest BCUT2D eigenvalue weighted by molar-refractivity contribution is 5.41. The molecule has 0 bridgehead atoms. The number of nitrogens with zero attached hydrogens (tertiary/aromatic N) is 3. The summed E-state index contributed by atoms with van der Waals surface area (Å²) in [6.07, 6.45) is 6.05. The molecule has 7 heteroatoms. The average Bonchev–Trinajstić information content (AvgIpc) is 2.33. The Morgan fingerprint density at radius 1 is 1.19 bits per heavy atom. The monoisotopic (exact) mass is 222 g/mol. The van der Waals surface area contributed by atoms with Gasteiger partial charge in [0.2, 0.25) is 11.9 Å². The molecule has 0 spiro atoms. The summed E-state index contributed by atoms with van der Waals surface area (Å²) in [7, 11) is 0. The summed E-state index contributed by atoms with van der Waals surface area (Å²) in [4.78, 5) is 11.8. The van der Waals surface area contributed by atoms with Gasteiger partial charge in [-0.05, 0) is 6.42 Å². The van der Waals surface area contributed by atoms with Crippen molar-refractivity contribution in [1.82, 2.24) is 15.0 Å². The molecule has 7 nitrogen and oxygen atoms in total. The van der Waals surface area contributed by atoms with Gasteiger partial charge in [0, 0.05) is 6.54 Å². The Balaban J connectivity index is 2.79. The predicted octanol–water partition coefficient (Wildman–Crippen LogP) is 0.540. The van der Waals surface area contributed by atoms with Gasteiger partial charge in [-0.25, -0.2) is 5.48 Å². The molecule has 0 aromatic carbocycles. The maximum absolute atomic E-state index is 8.74. The summed E-state index contributed by atoms with van der Waals surface area (Å²) in [6, 6.07) is 0. The summed E-state index contributed by atoms with van der Waals surface area (Å²) in [5, 5.41) is 14.5. The zero-order chi connectivity index (χ0) is 11.8. The molecule has 1 aromatic rings. The lowest BCUT2D eigenvalue weighted by Crippen LogP contribution is -2.11. The van der Waals surface area contributed by atoms with Gasteiger partial charge in [-0.15, -0.1) is 6.42 Å². The Kier molecular flexibility index (Phi) is 4.82. The fourth-order valence-electron chi connectivity index (χ4n) is 0.951. The maximum Gasteiger partial charge on any atom is 0.253 e. The minimum atomic E-state index is 0.0631. The van der Waals surface area contributed by atoms with E-state index in [4.69, 9.17) is 11.6 Å². The molecule has 0 saturated carbocycles. The lowest BCUT2D eigenvalue weighted by Gasteiger charge is -2.07. The highest BCUT2D eigenvalue weighted by Crippen LogP contribution is 2.08. The van der Waals surface area contributed by atoms with Crippen molar-refractivity contribution in [1.29, 1.82) is 0 Å². The van der Waals surface area contributed by atoms with Gasteiger partial charge in [0.05, 0.1) is 6.54 Å². The molecule has 1 aromatic heterocycles. The third-order valence-corrected chi connectivity index (χ3v) is 1.62. The second kappa shape index (κ2) is 6.42. The number of hydrogen-bond acceptors (Lipinski definition) is 7. The lowest BCUT2D eigenvalue weighted by atomic mass is 10.5. The van der Waals surface area contributed by atoms with Gasteiger partial charge in [0.15, 0.2) is 0 Å². The van der Waals surface area contributed by atoms with Crippen molar-refractivity contribution in [2.24, 2.45) is 0 Å². The van der Waals surface area contributed by atoms with Crippen molar-refractivity contribution in [3.05, 3.63) is 0 Å². The van der Waals surface area contributed by atoms with Crippen molar-refractivity contribution < 1.29 is 5.21 Å². The van der Waals surface area contributed by atoms with Crippen LogP contribution in [0.5, 0.6) is 0 Å². The number of hydrogen-bond donors (Lipinski definition) is 4. The molecule has 1 rings (SSSR count). The van der Waals surface area contributed by atoms with Crippen LogP contribution in [0.2, 0.25) is 0 Å². The molecule has 0 aliphatic heterocycles. The fourth-order valence-corrected chi connectivity index (χ4v) is 0.951. The molecule has 0 radical (unpaired) electrons. The van der Waals surface area contributed by atoms with Gasteiger partial charge < -0.3 is 10.6 Å². The van der Waals surface area contributed by atoms with E-state index in [0.717, 1.165) is 13.0 Å².